The van der Waals surface area contributed by atoms with Crippen molar-refractivity contribution in [3.63, 3.8) is 0 Å². The van der Waals surface area contributed by atoms with Crippen molar-refractivity contribution in [2.75, 3.05) is 50.2 Å². The third-order valence-electron chi connectivity index (χ3n) is 8.68. The highest BCUT2D eigenvalue weighted by Gasteiger charge is 2.31. The van der Waals surface area contributed by atoms with E-state index < -0.39 is 28.1 Å². The summed E-state index contributed by atoms with van der Waals surface area (Å²) >= 11 is 0. The predicted octanol–water partition coefficient (Wildman–Crippen LogP) is 3.91. The molecule has 3 N–H and O–H groups in total. The molecule has 0 fully saturated rings. The number of carbonyl (C=O) groups is 2. The molecule has 0 saturated carbocycles. The van der Waals surface area contributed by atoms with Crippen LogP contribution in [0.2, 0.25) is 0 Å². The van der Waals surface area contributed by atoms with Crippen molar-refractivity contribution < 1.29 is 42.1 Å². The van der Waals surface area contributed by atoms with Crippen molar-refractivity contribution in [1.82, 2.24) is 19.4 Å². The number of aromatic nitrogens is 2. The fourth-order valence-electron chi connectivity index (χ4n) is 5.73. The first-order valence-electron chi connectivity index (χ1n) is 16.6. The number of hydrogen-bond acceptors (Lipinski definition) is 10. The maximum Gasteiger partial charge on any atom is 0.321 e. The number of anilines is 2. The second-order valence-corrected chi connectivity index (χ2v) is 14.5. The van der Waals surface area contributed by atoms with Gasteiger partial charge in [0, 0.05) is 63.3 Å². The van der Waals surface area contributed by atoms with Crippen LogP contribution >= 0.6 is 0 Å². The van der Waals surface area contributed by atoms with Crippen molar-refractivity contribution >= 4 is 33.3 Å². The largest absolute Gasteiger partial charge is 0.490 e. The van der Waals surface area contributed by atoms with E-state index >= 15 is 0 Å². The fraction of sp³-hybridized carbons (Fsp3) is 0.500. The number of aliphatic hydroxyl groups is 1. The van der Waals surface area contributed by atoms with E-state index in [4.69, 9.17) is 18.9 Å². The third-order valence-corrected chi connectivity index (χ3v) is 9.95. The number of ether oxygens (including phenoxy) is 4. The minimum absolute atomic E-state index is 0.126. The van der Waals surface area contributed by atoms with Crippen molar-refractivity contribution in [3.8, 4) is 17.2 Å². The smallest absolute Gasteiger partial charge is 0.321 e. The van der Waals surface area contributed by atoms with Gasteiger partial charge in [-0.1, -0.05) is 6.92 Å². The number of nitrogens with one attached hydrogen (secondary N) is 2. The molecule has 3 amide bonds. The van der Waals surface area contributed by atoms with Crippen LogP contribution in [0.15, 0.2) is 53.9 Å². The first-order valence-corrected chi connectivity index (χ1v) is 18.1. The number of hydrogen-bond donors (Lipinski definition) is 3. The summed E-state index contributed by atoms with van der Waals surface area (Å²) in [7, 11) is -0.706. The quantitative estimate of drug-likeness (QED) is 0.311. The number of likely N-dealkylation sites (N-methyl/N-ethyl adjacent to an activating group) is 1. The van der Waals surface area contributed by atoms with Gasteiger partial charge in [0.15, 0.2) is 16.5 Å². The van der Waals surface area contributed by atoms with E-state index in [0.717, 1.165) is 12.8 Å². The lowest BCUT2D eigenvalue weighted by Gasteiger charge is -2.35. The van der Waals surface area contributed by atoms with Gasteiger partial charge in [-0.3, -0.25) is 9.52 Å². The lowest BCUT2D eigenvalue weighted by Crippen LogP contribution is -2.48. The molecule has 5 rings (SSSR count). The van der Waals surface area contributed by atoms with E-state index in [9.17, 15) is 23.1 Å². The number of amides is 3. The molecule has 16 heteroatoms. The maximum absolute atomic E-state index is 14.4. The summed E-state index contributed by atoms with van der Waals surface area (Å²) in [6, 6.07) is 8.78. The van der Waals surface area contributed by atoms with Crippen LogP contribution in [-0.2, 0) is 21.8 Å². The van der Waals surface area contributed by atoms with Crippen LogP contribution in [0.4, 0.5) is 16.2 Å². The molecule has 0 unspecified atom stereocenters. The average Bonchev–Trinajstić information content (AvgIpc) is 3.75. The van der Waals surface area contributed by atoms with Gasteiger partial charge in [-0.25, -0.2) is 9.78 Å². The van der Waals surface area contributed by atoms with Gasteiger partial charge in [0.2, 0.25) is 6.79 Å². The van der Waals surface area contributed by atoms with Crippen LogP contribution in [0, 0.1) is 5.92 Å². The zero-order valence-electron chi connectivity index (χ0n) is 29.0. The van der Waals surface area contributed by atoms with Gasteiger partial charge in [-0.2, -0.15) is 8.42 Å². The molecule has 50 heavy (non-hydrogen) atoms. The summed E-state index contributed by atoms with van der Waals surface area (Å²) in [5.41, 5.74) is 0.845. The fourth-order valence-corrected chi connectivity index (χ4v) is 6.76. The normalized spacial score (nSPS) is 20.6. The Bertz CT molecular complexity index is 1770. The minimum atomic E-state index is -4.04. The van der Waals surface area contributed by atoms with Crippen LogP contribution in [-0.4, -0.2) is 103 Å². The third kappa shape index (κ3) is 8.97. The Morgan fingerprint density at radius 2 is 1.84 bits per heavy atom. The van der Waals surface area contributed by atoms with E-state index in [-0.39, 0.29) is 60.8 Å². The van der Waals surface area contributed by atoms with E-state index in [1.165, 1.54) is 33.0 Å². The number of nitrogens with zero attached hydrogens (tertiary/aromatic N) is 4. The van der Waals surface area contributed by atoms with Crippen molar-refractivity contribution in [1.29, 1.82) is 0 Å². The van der Waals surface area contributed by atoms with Crippen molar-refractivity contribution in [2.45, 2.75) is 63.3 Å². The summed E-state index contributed by atoms with van der Waals surface area (Å²) < 4.78 is 53.6. The number of imidazole rings is 1. The molecule has 0 bridgehead atoms. The molecular weight excluding hydrogens is 668 g/mol. The Balaban J connectivity index is 1.38. The number of carbonyl (C=O) groups excluding carboxylic acids is 2. The second-order valence-electron chi connectivity index (χ2n) is 12.9. The summed E-state index contributed by atoms with van der Waals surface area (Å²) in [6.07, 6.45) is 4.26. The second kappa shape index (κ2) is 16.0. The molecule has 0 spiro atoms. The van der Waals surface area contributed by atoms with Crippen LogP contribution in [0.3, 0.4) is 0 Å². The summed E-state index contributed by atoms with van der Waals surface area (Å²) in [5.74, 6) is 0.723. The van der Waals surface area contributed by atoms with Gasteiger partial charge in [0.05, 0.1) is 36.7 Å². The van der Waals surface area contributed by atoms with Crippen molar-refractivity contribution in [3.05, 3.63) is 54.5 Å². The van der Waals surface area contributed by atoms with Gasteiger partial charge < -0.3 is 43.7 Å². The molecule has 2 aromatic carbocycles. The van der Waals surface area contributed by atoms with Gasteiger partial charge in [0.25, 0.3) is 15.9 Å². The minimum Gasteiger partial charge on any atom is -0.490 e. The summed E-state index contributed by atoms with van der Waals surface area (Å²) in [6.45, 7) is 6.21. The molecule has 0 aliphatic carbocycles. The van der Waals surface area contributed by atoms with Gasteiger partial charge in [-0.05, 0) is 63.4 Å². The number of rotatable bonds is 8. The van der Waals surface area contributed by atoms with E-state index in [1.807, 2.05) is 13.8 Å². The summed E-state index contributed by atoms with van der Waals surface area (Å²) in [5, 5.41) is 13.0. The Hall–Kier alpha value is -4.54. The Kier molecular flexibility index (Phi) is 11.8. The van der Waals surface area contributed by atoms with Gasteiger partial charge >= 0.3 is 6.03 Å². The Labute approximate surface area is 292 Å². The molecule has 0 radical (unpaired) electrons. The zero-order chi connectivity index (χ0) is 36.0. The molecule has 3 aromatic rings. The zero-order valence-corrected chi connectivity index (χ0v) is 29.8. The lowest BCUT2D eigenvalue weighted by molar-refractivity contribution is -0.0115. The Morgan fingerprint density at radius 1 is 1.10 bits per heavy atom. The molecule has 0 saturated heterocycles. The average molecular weight is 715 g/mol. The first kappa shape index (κ1) is 36.7. The van der Waals surface area contributed by atoms with E-state index in [1.54, 1.807) is 51.4 Å². The number of fused-ring (bicyclic) bond motifs is 2. The van der Waals surface area contributed by atoms with Crippen LogP contribution in [0.1, 0.15) is 50.4 Å². The highest BCUT2D eigenvalue weighted by molar-refractivity contribution is 7.92. The number of sulfonamides is 1. The van der Waals surface area contributed by atoms with Crippen LogP contribution in [0.25, 0.3) is 0 Å². The topological polar surface area (TPSA) is 174 Å². The monoisotopic (exact) mass is 714 g/mol. The number of benzene rings is 2. The van der Waals surface area contributed by atoms with E-state index in [0.29, 0.717) is 36.0 Å². The molecule has 4 atom stereocenters. The van der Waals surface area contributed by atoms with Gasteiger partial charge in [-0.15, -0.1) is 0 Å². The molecule has 272 valence electrons. The number of aliphatic hydroxyl groups excluding tert-OH is 1. The number of urea groups is 1. The number of aryl methyl sites for hydroxylation is 1. The molecule has 1 aromatic heterocycles. The molecule has 2 aliphatic rings. The van der Waals surface area contributed by atoms with Crippen LogP contribution < -0.4 is 24.2 Å². The maximum atomic E-state index is 14.4. The van der Waals surface area contributed by atoms with Crippen LogP contribution in [0.5, 0.6) is 17.2 Å². The standard InChI is InChI=1S/C34H46N6O9S/c1-22-16-40(23(2)19-41)33(42)27-14-26(37-50(44,45)32-18-38(4)20-35-32)10-11-28(27)49-24(3)8-6-7-13-46-31(22)17-39(5)34(43)36-25-9-12-29-30(15-25)48-21-47-29/h9-12,14-15,18,20,22-24,31,37,41H,6-8,13,16-17,19,21H2,1-5H3,(H,36,43)/t22-,23-,24-,31-/m1/s1. The van der Waals surface area contributed by atoms with E-state index in [2.05, 4.69) is 15.0 Å². The van der Waals surface area contributed by atoms with Gasteiger partial charge in [0.1, 0.15) is 5.75 Å². The highest BCUT2D eigenvalue weighted by Crippen LogP contribution is 2.34. The first-order chi connectivity index (χ1) is 23.8. The lowest BCUT2D eigenvalue weighted by atomic mass is 10.0. The highest BCUT2D eigenvalue weighted by atomic mass is 32.2. The Morgan fingerprint density at radius 3 is 2.58 bits per heavy atom. The molecule has 2 aliphatic heterocycles. The molecular formula is C34H46N6O9S. The molecule has 15 nitrogen and oxygen atoms in total. The SMILES string of the molecule is C[C@@H]1CCCCO[C@H](CN(C)C(=O)Nc2ccc3c(c2)OCO3)[C@H](C)CN([C@H](C)CO)C(=O)c2cc(NS(=O)(=O)c3cn(C)cn3)ccc2O1. The van der Waals surface area contributed by atoms with Crippen molar-refractivity contribution in [2.24, 2.45) is 13.0 Å². The predicted molar refractivity (Wildman–Crippen MR) is 185 cm³/mol. The molecule has 3 heterocycles. The summed E-state index contributed by atoms with van der Waals surface area (Å²) in [4.78, 5) is 34.6.